The van der Waals surface area contributed by atoms with E-state index in [2.05, 4.69) is 4.74 Å². The summed E-state index contributed by atoms with van der Waals surface area (Å²) >= 11 is 0. The number of hydrogen-bond acceptors (Lipinski definition) is 2. The van der Waals surface area contributed by atoms with Crippen LogP contribution in [0.1, 0.15) is 17.2 Å². The Balaban J connectivity index is 3.24. The summed E-state index contributed by atoms with van der Waals surface area (Å²) in [6.45, 7) is 0. The van der Waals surface area contributed by atoms with Crippen molar-refractivity contribution in [2.45, 2.75) is 12.3 Å². The first-order valence-corrected chi connectivity index (χ1v) is 4.09. The molecular weight excluding hydrogens is 207 g/mol. The van der Waals surface area contributed by atoms with Gasteiger partial charge in [0, 0.05) is 12.7 Å². The normalized spacial score (nSPS) is 13.3. The molecule has 0 fully saturated rings. The van der Waals surface area contributed by atoms with Crippen LogP contribution in [0.25, 0.3) is 0 Å². The number of rotatable bonds is 2. The van der Waals surface area contributed by atoms with Gasteiger partial charge in [0.15, 0.2) is 6.10 Å². The Labute approximate surface area is 84.9 Å². The molecule has 0 saturated heterocycles. The molecular formula is C10H8F3NO. The summed E-state index contributed by atoms with van der Waals surface area (Å²) < 4.78 is 42.2. The first kappa shape index (κ1) is 11.5. The van der Waals surface area contributed by atoms with Crippen molar-refractivity contribution in [3.05, 3.63) is 35.4 Å². The largest absolute Gasteiger partial charge is 0.416 e. The Hall–Kier alpha value is -1.54. The quantitative estimate of drug-likeness (QED) is 0.759. The van der Waals surface area contributed by atoms with Crippen molar-refractivity contribution in [2.75, 3.05) is 7.11 Å². The minimum absolute atomic E-state index is 0.157. The van der Waals surface area contributed by atoms with Gasteiger partial charge in [-0.15, -0.1) is 0 Å². The number of methoxy groups -OCH3 is 1. The molecule has 0 N–H and O–H groups in total. The average Bonchev–Trinajstić information content (AvgIpc) is 2.19. The number of benzene rings is 1. The minimum Gasteiger partial charge on any atom is -0.362 e. The number of nitrogens with zero attached hydrogens (tertiary/aromatic N) is 1. The summed E-state index contributed by atoms with van der Waals surface area (Å²) in [5, 5.41) is 8.63. The maximum atomic E-state index is 12.5. The number of hydrogen-bond donors (Lipinski definition) is 0. The molecule has 0 aliphatic rings. The fourth-order valence-electron chi connectivity index (χ4n) is 1.23. The van der Waals surface area contributed by atoms with Gasteiger partial charge in [-0.25, -0.2) is 0 Å². The first-order chi connectivity index (χ1) is 7.00. The third-order valence-corrected chi connectivity index (χ3v) is 1.90. The van der Waals surface area contributed by atoms with Crippen molar-refractivity contribution < 1.29 is 17.9 Å². The Morgan fingerprint density at radius 2 is 1.93 bits per heavy atom. The van der Waals surface area contributed by atoms with Crippen LogP contribution < -0.4 is 0 Å². The van der Waals surface area contributed by atoms with E-state index in [1.807, 2.05) is 0 Å². The zero-order valence-electron chi connectivity index (χ0n) is 7.88. The van der Waals surface area contributed by atoms with Crippen molar-refractivity contribution in [3.8, 4) is 6.07 Å². The standard InChI is InChI=1S/C10H8F3NO/c1-15-9(6-14)7-4-2-3-5-8(7)10(11,12)13/h2-5,9H,1H3. The van der Waals surface area contributed by atoms with Crippen LogP contribution in [-0.2, 0) is 10.9 Å². The molecule has 0 aromatic heterocycles. The highest BCUT2D eigenvalue weighted by Gasteiger charge is 2.34. The SMILES string of the molecule is COC(C#N)c1ccccc1C(F)(F)F. The van der Waals surface area contributed by atoms with Crippen molar-refractivity contribution in [3.63, 3.8) is 0 Å². The highest BCUT2D eigenvalue weighted by atomic mass is 19.4. The fraction of sp³-hybridized carbons (Fsp3) is 0.300. The van der Waals surface area contributed by atoms with Crippen LogP contribution in [-0.4, -0.2) is 7.11 Å². The third kappa shape index (κ3) is 2.48. The van der Waals surface area contributed by atoms with Crippen LogP contribution in [0.15, 0.2) is 24.3 Å². The zero-order chi connectivity index (χ0) is 11.5. The highest BCUT2D eigenvalue weighted by molar-refractivity contribution is 5.34. The Morgan fingerprint density at radius 3 is 2.40 bits per heavy atom. The summed E-state index contributed by atoms with van der Waals surface area (Å²) in [5.41, 5.74) is -0.992. The van der Waals surface area contributed by atoms with Gasteiger partial charge in [0.05, 0.1) is 11.6 Å². The Morgan fingerprint density at radius 1 is 1.33 bits per heavy atom. The van der Waals surface area contributed by atoms with E-state index in [1.165, 1.54) is 25.3 Å². The lowest BCUT2D eigenvalue weighted by atomic mass is 10.0. The van der Waals surface area contributed by atoms with Crippen molar-refractivity contribution >= 4 is 0 Å². The molecule has 2 nitrogen and oxygen atoms in total. The van der Waals surface area contributed by atoms with E-state index < -0.39 is 17.8 Å². The van der Waals surface area contributed by atoms with Gasteiger partial charge in [0.25, 0.3) is 0 Å². The average molecular weight is 215 g/mol. The van der Waals surface area contributed by atoms with Gasteiger partial charge >= 0.3 is 6.18 Å². The molecule has 1 aromatic carbocycles. The Bertz CT molecular complexity index is 381. The summed E-state index contributed by atoms with van der Waals surface area (Å²) in [4.78, 5) is 0. The van der Waals surface area contributed by atoms with E-state index in [-0.39, 0.29) is 5.56 Å². The molecule has 0 aliphatic heterocycles. The van der Waals surface area contributed by atoms with Crippen molar-refractivity contribution in [1.82, 2.24) is 0 Å². The summed E-state index contributed by atoms with van der Waals surface area (Å²) in [5.74, 6) is 0. The first-order valence-electron chi connectivity index (χ1n) is 4.09. The second kappa shape index (κ2) is 4.32. The van der Waals surface area contributed by atoms with Gasteiger partial charge in [-0.2, -0.15) is 18.4 Å². The number of ether oxygens (including phenoxy) is 1. The fourth-order valence-corrected chi connectivity index (χ4v) is 1.23. The van der Waals surface area contributed by atoms with Crippen LogP contribution in [0.3, 0.4) is 0 Å². The minimum atomic E-state index is -4.47. The number of alkyl halides is 3. The lowest BCUT2D eigenvalue weighted by Crippen LogP contribution is -2.12. The van der Waals surface area contributed by atoms with Gasteiger partial charge < -0.3 is 4.74 Å². The maximum Gasteiger partial charge on any atom is 0.416 e. The smallest absolute Gasteiger partial charge is 0.362 e. The van der Waals surface area contributed by atoms with Gasteiger partial charge in [0.2, 0.25) is 0 Å². The maximum absolute atomic E-state index is 12.5. The lowest BCUT2D eigenvalue weighted by Gasteiger charge is -2.15. The molecule has 5 heteroatoms. The van der Waals surface area contributed by atoms with E-state index in [9.17, 15) is 13.2 Å². The molecule has 0 aliphatic carbocycles. The predicted molar refractivity (Wildman–Crippen MR) is 46.8 cm³/mol. The lowest BCUT2D eigenvalue weighted by molar-refractivity contribution is -0.139. The molecule has 0 heterocycles. The monoisotopic (exact) mass is 215 g/mol. The third-order valence-electron chi connectivity index (χ3n) is 1.90. The molecule has 0 amide bonds. The van der Waals surface area contributed by atoms with E-state index >= 15 is 0 Å². The van der Waals surface area contributed by atoms with Gasteiger partial charge in [0.1, 0.15) is 0 Å². The van der Waals surface area contributed by atoms with Gasteiger partial charge in [-0.3, -0.25) is 0 Å². The molecule has 1 aromatic rings. The van der Waals surface area contributed by atoms with E-state index in [1.54, 1.807) is 6.07 Å². The molecule has 1 rings (SSSR count). The van der Waals surface area contributed by atoms with Crippen LogP contribution in [0.4, 0.5) is 13.2 Å². The second-order valence-corrected chi connectivity index (χ2v) is 2.83. The molecule has 80 valence electrons. The van der Waals surface area contributed by atoms with Crippen LogP contribution in [0.5, 0.6) is 0 Å². The summed E-state index contributed by atoms with van der Waals surface area (Å²) in [6.07, 6.45) is -5.66. The highest BCUT2D eigenvalue weighted by Crippen LogP contribution is 2.34. The van der Waals surface area contributed by atoms with Gasteiger partial charge in [-0.05, 0) is 6.07 Å². The Kier molecular flexibility index (Phi) is 3.32. The van der Waals surface area contributed by atoms with Crippen molar-refractivity contribution in [2.24, 2.45) is 0 Å². The molecule has 0 saturated carbocycles. The van der Waals surface area contributed by atoms with Gasteiger partial charge in [-0.1, -0.05) is 18.2 Å². The van der Waals surface area contributed by atoms with Crippen LogP contribution in [0.2, 0.25) is 0 Å². The summed E-state index contributed by atoms with van der Waals surface area (Å²) in [7, 11) is 1.20. The molecule has 15 heavy (non-hydrogen) atoms. The van der Waals surface area contributed by atoms with Crippen molar-refractivity contribution in [1.29, 1.82) is 5.26 Å². The van der Waals surface area contributed by atoms with E-state index in [4.69, 9.17) is 5.26 Å². The van der Waals surface area contributed by atoms with Crippen LogP contribution >= 0.6 is 0 Å². The molecule has 1 atom stereocenters. The molecule has 1 unspecified atom stereocenters. The second-order valence-electron chi connectivity index (χ2n) is 2.83. The molecule has 0 bridgehead atoms. The van der Waals surface area contributed by atoms with E-state index in [0.717, 1.165) is 6.07 Å². The summed E-state index contributed by atoms with van der Waals surface area (Å²) in [6, 6.07) is 6.54. The number of nitriles is 1. The topological polar surface area (TPSA) is 33.0 Å². The predicted octanol–water partition coefficient (Wildman–Crippen LogP) is 2.92. The molecule has 0 spiro atoms. The van der Waals surface area contributed by atoms with E-state index in [0.29, 0.717) is 0 Å². The molecule has 0 radical (unpaired) electrons. The zero-order valence-corrected chi connectivity index (χ0v) is 7.88. The van der Waals surface area contributed by atoms with Crippen LogP contribution in [0, 0.1) is 11.3 Å². The number of halogens is 3.